The molecule has 0 radical (unpaired) electrons. The Kier molecular flexibility index (Phi) is 5.63. The maximum Gasteiger partial charge on any atom is 0.316 e. The fourth-order valence-corrected chi connectivity index (χ4v) is 1.96. The van der Waals surface area contributed by atoms with Gasteiger partial charge < -0.3 is 4.74 Å². The van der Waals surface area contributed by atoms with E-state index in [1.165, 1.54) is 6.92 Å². The predicted octanol–water partition coefficient (Wildman–Crippen LogP) is 3.30. The predicted molar refractivity (Wildman–Crippen MR) is 71.0 cm³/mol. The summed E-state index contributed by atoms with van der Waals surface area (Å²) in [5.41, 5.74) is 0.544. The molecule has 0 bridgehead atoms. The summed E-state index contributed by atoms with van der Waals surface area (Å²) in [7, 11) is 0. The Balaban J connectivity index is 2.79. The van der Waals surface area contributed by atoms with E-state index in [0.717, 1.165) is 0 Å². The Morgan fingerprint density at radius 3 is 2.33 bits per heavy atom. The lowest BCUT2D eigenvalue weighted by Crippen LogP contribution is -2.25. The Hall–Kier alpha value is -1.06. The van der Waals surface area contributed by atoms with E-state index < -0.39 is 11.9 Å². The summed E-state index contributed by atoms with van der Waals surface area (Å²) < 4.78 is 4.80. The van der Waals surface area contributed by atoms with Crippen molar-refractivity contribution in [3.8, 4) is 0 Å². The van der Waals surface area contributed by atoms with Gasteiger partial charge in [-0.2, -0.15) is 0 Å². The number of rotatable bonds is 5. The van der Waals surface area contributed by atoms with Crippen molar-refractivity contribution in [2.24, 2.45) is 5.92 Å². The number of esters is 1. The van der Waals surface area contributed by atoms with Crippen LogP contribution in [0, 0.1) is 5.92 Å². The minimum atomic E-state index is -0.808. The van der Waals surface area contributed by atoms with E-state index in [0.29, 0.717) is 15.6 Å². The first-order valence-corrected chi connectivity index (χ1v) is 6.35. The molecule has 0 amide bonds. The van der Waals surface area contributed by atoms with Crippen LogP contribution in [-0.4, -0.2) is 18.4 Å². The first-order valence-electron chi connectivity index (χ1n) is 5.59. The molecule has 1 aromatic carbocycles. The highest BCUT2D eigenvalue weighted by molar-refractivity contribution is 6.36. The van der Waals surface area contributed by atoms with Crippen LogP contribution in [0.25, 0.3) is 0 Å². The number of carbonyl (C=O) groups is 2. The molecule has 18 heavy (non-hydrogen) atoms. The molecule has 0 heterocycles. The third-order valence-electron chi connectivity index (χ3n) is 2.54. The van der Waals surface area contributed by atoms with Gasteiger partial charge in [0.2, 0.25) is 0 Å². The van der Waals surface area contributed by atoms with Gasteiger partial charge in [0.15, 0.2) is 5.78 Å². The van der Waals surface area contributed by atoms with Crippen LogP contribution in [0.1, 0.15) is 19.4 Å². The highest BCUT2D eigenvalue weighted by atomic mass is 35.5. The average molecular weight is 289 g/mol. The van der Waals surface area contributed by atoms with Crippen molar-refractivity contribution < 1.29 is 14.3 Å². The number of hydrogen-bond donors (Lipinski definition) is 0. The maximum atomic E-state index is 11.9. The number of benzene rings is 1. The van der Waals surface area contributed by atoms with Crippen LogP contribution in [0.15, 0.2) is 18.2 Å². The summed E-state index contributed by atoms with van der Waals surface area (Å²) in [6.45, 7) is 3.47. The number of carbonyl (C=O) groups excluding carboxylic acids is 2. The largest absolute Gasteiger partial charge is 0.465 e. The van der Waals surface area contributed by atoms with E-state index in [9.17, 15) is 9.59 Å². The SMILES string of the molecule is CCOC(=O)[C@@H](C)C(=O)Cc1c(Cl)cccc1Cl. The Morgan fingerprint density at radius 1 is 1.28 bits per heavy atom. The Morgan fingerprint density at radius 2 is 1.83 bits per heavy atom. The van der Waals surface area contributed by atoms with Gasteiger partial charge >= 0.3 is 5.97 Å². The van der Waals surface area contributed by atoms with Crippen molar-refractivity contribution in [3.63, 3.8) is 0 Å². The number of ketones is 1. The number of ether oxygens (including phenoxy) is 1. The molecular formula is C13H14Cl2O3. The number of hydrogen-bond acceptors (Lipinski definition) is 3. The highest BCUT2D eigenvalue weighted by Gasteiger charge is 2.24. The minimum absolute atomic E-state index is 0.0263. The number of Topliss-reactive ketones (excluding diaryl/α,β-unsaturated/α-hetero) is 1. The van der Waals surface area contributed by atoms with Crippen LogP contribution in [0.3, 0.4) is 0 Å². The second-order valence-electron chi connectivity index (χ2n) is 3.82. The summed E-state index contributed by atoms with van der Waals surface area (Å²) in [6, 6.07) is 5.02. The summed E-state index contributed by atoms with van der Waals surface area (Å²) in [5.74, 6) is -1.59. The third-order valence-corrected chi connectivity index (χ3v) is 3.24. The summed E-state index contributed by atoms with van der Waals surface area (Å²) in [5, 5.41) is 0.846. The average Bonchev–Trinajstić information content (AvgIpc) is 2.33. The topological polar surface area (TPSA) is 43.4 Å². The van der Waals surface area contributed by atoms with Gasteiger partial charge in [-0.15, -0.1) is 0 Å². The van der Waals surface area contributed by atoms with Crippen LogP contribution < -0.4 is 0 Å². The molecular weight excluding hydrogens is 275 g/mol. The molecule has 3 nitrogen and oxygen atoms in total. The van der Waals surface area contributed by atoms with Crippen molar-refractivity contribution in [1.82, 2.24) is 0 Å². The first kappa shape index (κ1) is 15.0. The zero-order chi connectivity index (χ0) is 13.7. The molecule has 0 aromatic heterocycles. The molecule has 5 heteroatoms. The van der Waals surface area contributed by atoms with Gasteiger partial charge in [-0.05, 0) is 31.5 Å². The molecule has 98 valence electrons. The molecule has 1 atom stereocenters. The highest BCUT2D eigenvalue weighted by Crippen LogP contribution is 2.25. The van der Waals surface area contributed by atoms with E-state index >= 15 is 0 Å². The van der Waals surface area contributed by atoms with E-state index in [4.69, 9.17) is 27.9 Å². The van der Waals surface area contributed by atoms with Gasteiger partial charge in [0, 0.05) is 16.5 Å². The van der Waals surface area contributed by atoms with Gasteiger partial charge in [-0.1, -0.05) is 29.3 Å². The fraction of sp³-hybridized carbons (Fsp3) is 0.385. The van der Waals surface area contributed by atoms with Crippen molar-refractivity contribution >= 4 is 35.0 Å². The zero-order valence-corrected chi connectivity index (χ0v) is 11.7. The van der Waals surface area contributed by atoms with E-state index in [2.05, 4.69) is 0 Å². The lowest BCUT2D eigenvalue weighted by atomic mass is 9.99. The Bertz CT molecular complexity index is 437. The van der Waals surface area contributed by atoms with Gasteiger partial charge in [0.25, 0.3) is 0 Å². The Labute approximate surface area is 116 Å². The summed E-state index contributed by atoms with van der Waals surface area (Å²) >= 11 is 11.9. The van der Waals surface area contributed by atoms with Crippen molar-refractivity contribution in [3.05, 3.63) is 33.8 Å². The lowest BCUT2D eigenvalue weighted by Gasteiger charge is -2.11. The number of halogens is 2. The third kappa shape index (κ3) is 3.72. The van der Waals surface area contributed by atoms with Crippen LogP contribution >= 0.6 is 23.2 Å². The maximum absolute atomic E-state index is 11.9. The second kappa shape index (κ2) is 6.76. The van der Waals surface area contributed by atoms with Gasteiger partial charge in [-0.25, -0.2) is 0 Å². The van der Waals surface area contributed by atoms with E-state index in [-0.39, 0.29) is 18.8 Å². The molecule has 0 aliphatic rings. The van der Waals surface area contributed by atoms with Crippen molar-refractivity contribution in [2.45, 2.75) is 20.3 Å². The van der Waals surface area contributed by atoms with Crippen LogP contribution in [-0.2, 0) is 20.7 Å². The molecule has 0 aliphatic carbocycles. The molecule has 0 saturated carbocycles. The van der Waals surface area contributed by atoms with E-state index in [1.807, 2.05) is 0 Å². The van der Waals surface area contributed by atoms with Crippen LogP contribution in [0.5, 0.6) is 0 Å². The molecule has 1 rings (SSSR count). The zero-order valence-electron chi connectivity index (χ0n) is 10.2. The van der Waals surface area contributed by atoms with Gasteiger partial charge in [0.1, 0.15) is 5.92 Å². The molecule has 0 N–H and O–H groups in total. The molecule has 1 aromatic rings. The molecule has 0 fully saturated rings. The normalized spacial score (nSPS) is 12.0. The molecule has 0 spiro atoms. The minimum Gasteiger partial charge on any atom is -0.465 e. The van der Waals surface area contributed by atoms with Crippen molar-refractivity contribution in [1.29, 1.82) is 0 Å². The molecule has 0 saturated heterocycles. The second-order valence-corrected chi connectivity index (χ2v) is 4.63. The molecule has 0 aliphatic heterocycles. The van der Waals surface area contributed by atoms with Gasteiger partial charge in [-0.3, -0.25) is 9.59 Å². The summed E-state index contributed by atoms with van der Waals surface area (Å²) in [6.07, 6.45) is 0.0263. The fourth-order valence-electron chi connectivity index (χ4n) is 1.43. The van der Waals surface area contributed by atoms with Crippen molar-refractivity contribution in [2.75, 3.05) is 6.61 Å². The monoisotopic (exact) mass is 288 g/mol. The van der Waals surface area contributed by atoms with Crippen LogP contribution in [0.2, 0.25) is 10.0 Å². The standard InChI is InChI=1S/C13H14Cl2O3/c1-3-18-13(17)8(2)12(16)7-9-10(14)5-4-6-11(9)15/h4-6,8H,3,7H2,1-2H3/t8-/m0/s1. The lowest BCUT2D eigenvalue weighted by molar-refractivity contribution is -0.150. The van der Waals surface area contributed by atoms with E-state index in [1.54, 1.807) is 25.1 Å². The quantitative estimate of drug-likeness (QED) is 0.617. The smallest absolute Gasteiger partial charge is 0.316 e. The summed E-state index contributed by atoms with van der Waals surface area (Å²) in [4.78, 5) is 23.4. The van der Waals surface area contributed by atoms with Gasteiger partial charge in [0.05, 0.1) is 6.61 Å². The molecule has 0 unspecified atom stereocenters. The van der Waals surface area contributed by atoms with Crippen LogP contribution in [0.4, 0.5) is 0 Å². The first-order chi connectivity index (χ1) is 8.47.